The highest BCUT2D eigenvalue weighted by atomic mass is 15.2. The summed E-state index contributed by atoms with van der Waals surface area (Å²) < 4.78 is 0. The monoisotopic (exact) mass is 585 g/mol. The van der Waals surface area contributed by atoms with E-state index in [1.165, 1.54) is 109 Å². The Kier molecular flexibility index (Phi) is 19.3. The van der Waals surface area contributed by atoms with E-state index < -0.39 is 0 Å². The summed E-state index contributed by atoms with van der Waals surface area (Å²) in [6.07, 6.45) is 29.3. The summed E-state index contributed by atoms with van der Waals surface area (Å²) in [7, 11) is 0. The van der Waals surface area contributed by atoms with Gasteiger partial charge in [-0.15, -0.1) is 0 Å². The van der Waals surface area contributed by atoms with Gasteiger partial charge in [0.15, 0.2) is 0 Å². The molecule has 43 heavy (non-hydrogen) atoms. The van der Waals surface area contributed by atoms with Gasteiger partial charge in [-0.2, -0.15) is 0 Å². The Morgan fingerprint density at radius 2 is 0.953 bits per heavy atom. The molecular weight excluding hydrogens is 526 g/mol. The fraction of sp³-hybridized carbons (Fsp3) is 0.605. The minimum atomic E-state index is 0.402. The second-order valence-electron chi connectivity index (χ2n) is 12.2. The Labute approximate surface area is 263 Å². The molecule has 0 aliphatic rings. The maximum Gasteiger partial charge on any atom is 0.0544 e. The molecule has 1 unspecified atom stereocenters. The molecular formula is C38H59N5. The first kappa shape index (κ1) is 34.9. The Bertz CT molecular complexity index is 973. The van der Waals surface area contributed by atoms with Crippen LogP contribution in [0.4, 0.5) is 0 Å². The van der Waals surface area contributed by atoms with E-state index in [1.807, 2.05) is 36.8 Å². The van der Waals surface area contributed by atoms with Crippen LogP contribution in [-0.4, -0.2) is 32.4 Å². The van der Waals surface area contributed by atoms with Crippen LogP contribution in [-0.2, 0) is 19.6 Å². The molecule has 3 heterocycles. The second-order valence-corrected chi connectivity index (χ2v) is 12.2. The average Bonchev–Trinajstić information content (AvgIpc) is 3.05. The zero-order chi connectivity index (χ0) is 30.0. The highest BCUT2D eigenvalue weighted by Crippen LogP contribution is 2.18. The first-order valence-corrected chi connectivity index (χ1v) is 17.5. The minimum absolute atomic E-state index is 0.402. The Morgan fingerprint density at radius 3 is 1.37 bits per heavy atom. The molecule has 0 saturated carbocycles. The molecule has 3 rings (SSSR count). The predicted octanol–water partition coefficient (Wildman–Crippen LogP) is 9.68. The lowest BCUT2D eigenvalue weighted by Gasteiger charge is -2.32. The molecule has 0 aliphatic carbocycles. The van der Waals surface area contributed by atoms with E-state index in [0.29, 0.717) is 6.04 Å². The number of aromatic nitrogens is 3. The van der Waals surface area contributed by atoms with Crippen molar-refractivity contribution in [1.82, 2.24) is 25.2 Å². The van der Waals surface area contributed by atoms with Crippen molar-refractivity contribution in [3.63, 3.8) is 0 Å². The van der Waals surface area contributed by atoms with Crippen LogP contribution in [0.15, 0.2) is 73.2 Å². The summed E-state index contributed by atoms with van der Waals surface area (Å²) in [6.45, 7) is 5.66. The zero-order valence-electron chi connectivity index (χ0n) is 27.1. The van der Waals surface area contributed by atoms with E-state index in [2.05, 4.69) is 68.5 Å². The van der Waals surface area contributed by atoms with Gasteiger partial charge in [0.1, 0.15) is 0 Å². The molecule has 3 aromatic rings. The van der Waals surface area contributed by atoms with Crippen molar-refractivity contribution in [3.05, 3.63) is 90.3 Å². The molecule has 5 heteroatoms. The van der Waals surface area contributed by atoms with Crippen molar-refractivity contribution in [3.8, 4) is 0 Å². The van der Waals surface area contributed by atoms with E-state index in [9.17, 15) is 0 Å². The Morgan fingerprint density at radius 1 is 0.535 bits per heavy atom. The van der Waals surface area contributed by atoms with E-state index in [4.69, 9.17) is 0 Å². The third-order valence-corrected chi connectivity index (χ3v) is 8.50. The van der Waals surface area contributed by atoms with Crippen LogP contribution in [0.1, 0.15) is 133 Å². The summed E-state index contributed by atoms with van der Waals surface area (Å²) in [6, 6.07) is 19.0. The van der Waals surface area contributed by atoms with Gasteiger partial charge in [0.25, 0.3) is 0 Å². The van der Waals surface area contributed by atoms with Gasteiger partial charge in [-0.25, -0.2) is 0 Å². The molecule has 0 spiro atoms. The first-order chi connectivity index (χ1) is 21.3. The third kappa shape index (κ3) is 16.7. The number of hydrogen-bond acceptors (Lipinski definition) is 5. The normalized spacial score (nSPS) is 12.1. The quantitative estimate of drug-likeness (QED) is 0.0951. The number of rotatable bonds is 26. The van der Waals surface area contributed by atoms with Crippen LogP contribution in [0.5, 0.6) is 0 Å². The fourth-order valence-corrected chi connectivity index (χ4v) is 5.92. The summed E-state index contributed by atoms with van der Waals surface area (Å²) in [5.41, 5.74) is 3.31. The molecule has 0 aliphatic heterocycles. The van der Waals surface area contributed by atoms with Crippen molar-refractivity contribution in [2.45, 2.75) is 142 Å². The van der Waals surface area contributed by atoms with E-state index in [-0.39, 0.29) is 0 Å². The summed E-state index contributed by atoms with van der Waals surface area (Å²) >= 11 is 0. The largest absolute Gasteiger partial charge is 0.310 e. The number of nitrogens with one attached hydrogen (secondary N) is 1. The lowest BCUT2D eigenvalue weighted by Crippen LogP contribution is -2.42. The summed E-state index contributed by atoms with van der Waals surface area (Å²) in [5, 5.41) is 3.71. The number of unbranched alkanes of at least 4 members (excludes halogenated alkanes) is 15. The molecule has 3 aromatic heterocycles. The first-order valence-electron chi connectivity index (χ1n) is 17.5. The molecule has 236 valence electrons. The molecule has 0 amide bonds. The van der Waals surface area contributed by atoms with Crippen LogP contribution in [0.2, 0.25) is 0 Å². The second kappa shape index (κ2) is 23.8. The number of nitrogens with zero attached hydrogens (tertiary/aromatic N) is 4. The van der Waals surface area contributed by atoms with E-state index in [0.717, 1.165) is 43.3 Å². The molecule has 1 atom stereocenters. The molecule has 5 nitrogen and oxygen atoms in total. The molecule has 1 N–H and O–H groups in total. The van der Waals surface area contributed by atoms with Crippen molar-refractivity contribution in [2.75, 3.05) is 6.54 Å². The lowest BCUT2D eigenvalue weighted by molar-refractivity contribution is 0.157. The van der Waals surface area contributed by atoms with Crippen molar-refractivity contribution in [1.29, 1.82) is 0 Å². The average molecular weight is 586 g/mol. The van der Waals surface area contributed by atoms with Crippen LogP contribution in [0, 0.1) is 0 Å². The topological polar surface area (TPSA) is 53.9 Å². The van der Waals surface area contributed by atoms with Gasteiger partial charge >= 0.3 is 0 Å². The van der Waals surface area contributed by atoms with Crippen molar-refractivity contribution >= 4 is 0 Å². The molecule has 0 fully saturated rings. The smallest absolute Gasteiger partial charge is 0.0544 e. The Hall–Kier alpha value is -2.63. The van der Waals surface area contributed by atoms with Gasteiger partial charge in [-0.3, -0.25) is 19.9 Å². The summed E-state index contributed by atoms with van der Waals surface area (Å²) in [5.74, 6) is 0. The van der Waals surface area contributed by atoms with Crippen molar-refractivity contribution in [2.24, 2.45) is 0 Å². The molecule has 0 bridgehead atoms. The van der Waals surface area contributed by atoms with Crippen LogP contribution >= 0.6 is 0 Å². The fourth-order valence-electron chi connectivity index (χ4n) is 5.92. The maximum absolute atomic E-state index is 4.66. The number of pyridine rings is 3. The molecule has 0 saturated heterocycles. The van der Waals surface area contributed by atoms with E-state index in [1.54, 1.807) is 0 Å². The van der Waals surface area contributed by atoms with Gasteiger partial charge in [0.2, 0.25) is 0 Å². The lowest BCUT2D eigenvalue weighted by atomic mass is 10.0. The summed E-state index contributed by atoms with van der Waals surface area (Å²) in [4.78, 5) is 16.4. The van der Waals surface area contributed by atoms with Crippen LogP contribution in [0.3, 0.4) is 0 Å². The maximum atomic E-state index is 4.66. The molecule has 0 radical (unpaired) electrons. The Balaban J connectivity index is 1.39. The van der Waals surface area contributed by atoms with Gasteiger partial charge in [0.05, 0.1) is 17.1 Å². The van der Waals surface area contributed by atoms with E-state index >= 15 is 0 Å². The minimum Gasteiger partial charge on any atom is -0.310 e. The highest BCUT2D eigenvalue weighted by molar-refractivity contribution is 5.07. The highest BCUT2D eigenvalue weighted by Gasteiger charge is 2.20. The third-order valence-electron chi connectivity index (χ3n) is 8.50. The standard InChI is InChI=1S/C38H59N5/c1-2-3-4-5-6-7-8-9-10-11-12-13-14-15-16-17-27-38(32-39-31-35-24-18-21-28-40-35)43(33-36-25-19-22-29-41-36)34-37-26-20-23-30-42-37/h18-26,28-30,38-39H,2-17,27,31-34H2,1H3. The van der Waals surface area contributed by atoms with Gasteiger partial charge in [-0.1, -0.05) is 128 Å². The van der Waals surface area contributed by atoms with Gasteiger partial charge in [0, 0.05) is 50.8 Å². The number of hydrogen-bond donors (Lipinski definition) is 1. The van der Waals surface area contributed by atoms with Crippen LogP contribution in [0.25, 0.3) is 0 Å². The zero-order valence-corrected chi connectivity index (χ0v) is 27.1. The van der Waals surface area contributed by atoms with Crippen LogP contribution < -0.4 is 5.32 Å². The molecule has 0 aromatic carbocycles. The SMILES string of the molecule is CCCCCCCCCCCCCCCCCCC(CNCc1ccccn1)N(Cc1ccccn1)Cc1ccccn1. The van der Waals surface area contributed by atoms with Gasteiger partial charge in [-0.05, 0) is 42.8 Å². The van der Waals surface area contributed by atoms with Gasteiger partial charge < -0.3 is 5.32 Å². The predicted molar refractivity (Wildman–Crippen MR) is 182 cm³/mol. The van der Waals surface area contributed by atoms with Crippen molar-refractivity contribution < 1.29 is 0 Å².